The van der Waals surface area contributed by atoms with Crippen LogP contribution in [0.2, 0.25) is 0 Å². The van der Waals surface area contributed by atoms with E-state index in [2.05, 4.69) is 12.0 Å². The molecule has 1 aliphatic rings. The third kappa shape index (κ3) is 5.42. The number of nitrogens with zero attached hydrogens (tertiary/aromatic N) is 2. The van der Waals surface area contributed by atoms with Crippen LogP contribution in [0.25, 0.3) is 0 Å². The summed E-state index contributed by atoms with van der Waals surface area (Å²) < 4.78 is 7.01. The predicted octanol–water partition coefficient (Wildman–Crippen LogP) is 3.37. The molecule has 6 heteroatoms. The number of rotatable bonds is 4. The van der Waals surface area contributed by atoms with E-state index in [9.17, 15) is 9.59 Å². The second-order valence-electron chi connectivity index (χ2n) is 8.19. The highest BCUT2D eigenvalue weighted by Gasteiger charge is 2.22. The Morgan fingerprint density at radius 1 is 1.33 bits per heavy atom. The lowest BCUT2D eigenvalue weighted by Gasteiger charge is -2.26. The fraction of sp³-hybridized carbons (Fsp3) is 0.778. The predicted molar refractivity (Wildman–Crippen MR) is 93.9 cm³/mol. The molecule has 0 unspecified atom stereocenters. The molecular weight excluding hydrogens is 306 g/mol. The lowest BCUT2D eigenvalue weighted by atomic mass is 9.83. The van der Waals surface area contributed by atoms with Crippen molar-refractivity contribution in [1.82, 2.24) is 14.7 Å². The highest BCUT2D eigenvalue weighted by atomic mass is 16.6. The van der Waals surface area contributed by atoms with Crippen molar-refractivity contribution in [1.29, 1.82) is 0 Å². The Hall–Kier alpha value is -1.72. The smallest absolute Gasteiger partial charge is 0.410 e. The lowest BCUT2D eigenvalue weighted by molar-refractivity contribution is 0.0282. The van der Waals surface area contributed by atoms with Gasteiger partial charge in [0.1, 0.15) is 5.60 Å². The zero-order valence-electron chi connectivity index (χ0n) is 15.6. The molecule has 0 aromatic carbocycles. The average Bonchev–Trinajstić information content (AvgIpc) is 2.79. The van der Waals surface area contributed by atoms with E-state index in [4.69, 9.17) is 4.74 Å². The van der Waals surface area contributed by atoms with Gasteiger partial charge in [0.2, 0.25) is 0 Å². The molecule has 0 saturated heterocycles. The zero-order chi connectivity index (χ0) is 17.9. The molecule has 136 valence electrons. The summed E-state index contributed by atoms with van der Waals surface area (Å²) in [6.45, 7) is 8.87. The SMILES string of the molecule is CC1CCC(Cn2[nH]c(CN(C)C(=O)OC(C)(C)C)cc2=O)CC1. The summed E-state index contributed by atoms with van der Waals surface area (Å²) in [5.74, 6) is 1.37. The highest BCUT2D eigenvalue weighted by molar-refractivity contribution is 5.67. The number of carbonyl (C=O) groups is 1. The first-order valence-electron chi connectivity index (χ1n) is 8.87. The van der Waals surface area contributed by atoms with E-state index in [1.807, 2.05) is 20.8 Å². The molecule has 1 aliphatic carbocycles. The first-order chi connectivity index (χ1) is 11.1. The minimum absolute atomic E-state index is 0.0267. The first-order valence-corrected chi connectivity index (χ1v) is 8.87. The molecule has 1 fully saturated rings. The Bertz CT molecular complexity index is 604. The molecule has 1 N–H and O–H groups in total. The number of hydrogen-bond donors (Lipinski definition) is 1. The van der Waals surface area contributed by atoms with Crippen LogP contribution in [0, 0.1) is 11.8 Å². The van der Waals surface area contributed by atoms with E-state index < -0.39 is 11.7 Å². The summed E-state index contributed by atoms with van der Waals surface area (Å²) >= 11 is 0. The minimum Gasteiger partial charge on any atom is -0.444 e. The summed E-state index contributed by atoms with van der Waals surface area (Å²) in [6, 6.07) is 1.58. The van der Waals surface area contributed by atoms with Crippen molar-refractivity contribution in [3.63, 3.8) is 0 Å². The van der Waals surface area contributed by atoms with Crippen LogP contribution < -0.4 is 5.56 Å². The largest absolute Gasteiger partial charge is 0.444 e. The Labute approximate surface area is 144 Å². The number of carbonyl (C=O) groups excluding carboxylic acids is 1. The highest BCUT2D eigenvalue weighted by Crippen LogP contribution is 2.28. The van der Waals surface area contributed by atoms with Crippen LogP contribution in [-0.2, 0) is 17.8 Å². The molecule has 1 heterocycles. The molecule has 24 heavy (non-hydrogen) atoms. The van der Waals surface area contributed by atoms with Crippen LogP contribution >= 0.6 is 0 Å². The maximum atomic E-state index is 12.2. The summed E-state index contributed by atoms with van der Waals surface area (Å²) in [6.07, 6.45) is 4.46. The van der Waals surface area contributed by atoms with Crippen LogP contribution in [0.1, 0.15) is 59.1 Å². The summed E-state index contributed by atoms with van der Waals surface area (Å²) in [5, 5.41) is 3.14. The van der Waals surface area contributed by atoms with E-state index in [1.54, 1.807) is 17.8 Å². The van der Waals surface area contributed by atoms with Gasteiger partial charge in [-0.2, -0.15) is 0 Å². The van der Waals surface area contributed by atoms with Crippen molar-refractivity contribution in [2.45, 2.75) is 72.1 Å². The first kappa shape index (κ1) is 18.6. The molecule has 1 aromatic heterocycles. The molecule has 0 aliphatic heterocycles. The molecule has 2 rings (SSSR count). The zero-order valence-corrected chi connectivity index (χ0v) is 15.6. The lowest BCUT2D eigenvalue weighted by Crippen LogP contribution is -2.33. The Morgan fingerprint density at radius 3 is 2.54 bits per heavy atom. The second-order valence-corrected chi connectivity index (χ2v) is 8.19. The number of aromatic amines is 1. The van der Waals surface area contributed by atoms with Crippen LogP contribution in [0.5, 0.6) is 0 Å². The molecule has 6 nitrogen and oxygen atoms in total. The maximum absolute atomic E-state index is 12.2. The van der Waals surface area contributed by atoms with Gasteiger partial charge in [0, 0.05) is 19.7 Å². The van der Waals surface area contributed by atoms with Gasteiger partial charge in [-0.25, -0.2) is 4.79 Å². The van der Waals surface area contributed by atoms with Crippen molar-refractivity contribution in [3.8, 4) is 0 Å². The number of aromatic nitrogens is 2. The van der Waals surface area contributed by atoms with Crippen LogP contribution in [-0.4, -0.2) is 33.4 Å². The van der Waals surface area contributed by atoms with E-state index >= 15 is 0 Å². The number of nitrogens with one attached hydrogen (secondary N) is 1. The summed E-state index contributed by atoms with van der Waals surface area (Å²) in [7, 11) is 1.67. The van der Waals surface area contributed by atoms with Gasteiger partial charge >= 0.3 is 6.09 Å². The summed E-state index contributed by atoms with van der Waals surface area (Å²) in [4.78, 5) is 25.6. The minimum atomic E-state index is -0.525. The van der Waals surface area contributed by atoms with Gasteiger partial charge < -0.3 is 9.64 Å². The van der Waals surface area contributed by atoms with E-state index in [-0.39, 0.29) is 5.56 Å². The molecule has 1 saturated carbocycles. The monoisotopic (exact) mass is 337 g/mol. The molecule has 1 amide bonds. The van der Waals surface area contributed by atoms with Gasteiger partial charge in [0.05, 0.1) is 12.2 Å². The number of hydrogen-bond acceptors (Lipinski definition) is 3. The molecule has 0 atom stereocenters. The van der Waals surface area contributed by atoms with Gasteiger partial charge in [0.25, 0.3) is 5.56 Å². The van der Waals surface area contributed by atoms with Crippen molar-refractivity contribution in [2.24, 2.45) is 11.8 Å². The molecule has 0 spiro atoms. The second kappa shape index (κ2) is 7.45. The van der Waals surface area contributed by atoms with Crippen molar-refractivity contribution < 1.29 is 9.53 Å². The quantitative estimate of drug-likeness (QED) is 0.916. The van der Waals surface area contributed by atoms with Crippen LogP contribution in [0.4, 0.5) is 4.79 Å². The van der Waals surface area contributed by atoms with Gasteiger partial charge in [-0.3, -0.25) is 14.6 Å². The number of H-pyrrole nitrogens is 1. The van der Waals surface area contributed by atoms with E-state index in [0.717, 1.165) is 18.2 Å². The number of amides is 1. The van der Waals surface area contributed by atoms with Crippen molar-refractivity contribution >= 4 is 6.09 Å². The van der Waals surface area contributed by atoms with Gasteiger partial charge in [0.15, 0.2) is 0 Å². The van der Waals surface area contributed by atoms with Crippen molar-refractivity contribution in [3.05, 3.63) is 22.1 Å². The molecule has 0 radical (unpaired) electrons. The molecular formula is C18H31N3O3. The van der Waals surface area contributed by atoms with Gasteiger partial charge in [-0.1, -0.05) is 19.8 Å². The maximum Gasteiger partial charge on any atom is 0.410 e. The van der Waals surface area contributed by atoms with Gasteiger partial charge in [-0.05, 0) is 45.4 Å². The normalized spacial score (nSPS) is 21.5. The van der Waals surface area contributed by atoms with E-state index in [1.165, 1.54) is 30.6 Å². The Morgan fingerprint density at radius 2 is 1.96 bits per heavy atom. The van der Waals surface area contributed by atoms with Crippen molar-refractivity contribution in [2.75, 3.05) is 7.05 Å². The Kier molecular flexibility index (Phi) is 5.78. The van der Waals surface area contributed by atoms with Crippen LogP contribution in [0.15, 0.2) is 10.9 Å². The van der Waals surface area contributed by atoms with Gasteiger partial charge in [-0.15, -0.1) is 0 Å². The molecule has 0 bridgehead atoms. The van der Waals surface area contributed by atoms with Crippen LogP contribution in [0.3, 0.4) is 0 Å². The molecule has 1 aromatic rings. The standard InChI is InChI=1S/C18H31N3O3/c1-13-6-8-14(9-7-13)11-21-16(22)10-15(19-21)12-20(5)17(23)24-18(2,3)4/h10,13-14,19H,6-9,11-12H2,1-5H3. The number of ether oxygens (including phenoxy) is 1. The topological polar surface area (TPSA) is 67.3 Å². The average molecular weight is 337 g/mol. The van der Waals surface area contributed by atoms with E-state index in [0.29, 0.717) is 12.5 Å². The fourth-order valence-corrected chi connectivity index (χ4v) is 3.13. The summed E-state index contributed by atoms with van der Waals surface area (Å²) in [5.41, 5.74) is 0.182. The fourth-order valence-electron chi connectivity index (χ4n) is 3.13. The Balaban J connectivity index is 1.93. The third-order valence-corrected chi connectivity index (χ3v) is 4.53. The third-order valence-electron chi connectivity index (χ3n) is 4.53.